The van der Waals surface area contributed by atoms with Crippen molar-refractivity contribution in [3.8, 4) is 0 Å². The zero-order valence-electron chi connectivity index (χ0n) is 16.9. The molecule has 0 radical (unpaired) electrons. The molecule has 28 heavy (non-hydrogen) atoms. The molecule has 0 saturated carbocycles. The predicted molar refractivity (Wildman–Crippen MR) is 108 cm³/mol. The molecule has 1 aliphatic rings. The average Bonchev–Trinajstić information content (AvgIpc) is 3.17. The molecular weight excluding hydrogens is 356 g/mol. The van der Waals surface area contributed by atoms with E-state index in [1.54, 1.807) is 17.3 Å². The summed E-state index contributed by atoms with van der Waals surface area (Å²) in [4.78, 5) is 41.9. The molecule has 8 heteroatoms. The maximum Gasteiger partial charge on any atom is 0.252 e. The number of hydrogen-bond acceptors (Lipinski definition) is 6. The van der Waals surface area contributed by atoms with E-state index in [9.17, 15) is 9.59 Å². The molecule has 0 aromatic carbocycles. The van der Waals surface area contributed by atoms with Crippen LogP contribution < -0.4 is 10.5 Å². The highest BCUT2D eigenvalue weighted by atomic mass is 16.2. The van der Waals surface area contributed by atoms with Crippen LogP contribution in [0.15, 0.2) is 35.4 Å². The van der Waals surface area contributed by atoms with Crippen molar-refractivity contribution in [3.05, 3.63) is 52.2 Å². The molecule has 0 aliphatic carbocycles. The molecule has 150 valence electrons. The van der Waals surface area contributed by atoms with Gasteiger partial charge in [-0.05, 0) is 32.0 Å². The molecule has 1 amide bonds. The first-order chi connectivity index (χ1) is 13.3. The highest BCUT2D eigenvalue weighted by Crippen LogP contribution is 2.22. The summed E-state index contributed by atoms with van der Waals surface area (Å²) < 4.78 is 0. The number of carbonyl (C=O) groups excluding carboxylic acids is 1. The number of nitrogens with one attached hydrogen (secondary N) is 1. The monoisotopic (exact) mass is 384 g/mol. The smallest absolute Gasteiger partial charge is 0.252 e. The van der Waals surface area contributed by atoms with Crippen LogP contribution in [-0.2, 0) is 11.3 Å². The Bertz CT molecular complexity index is 866. The topological polar surface area (TPSA) is 85.4 Å². The van der Waals surface area contributed by atoms with E-state index in [1.165, 1.54) is 6.07 Å². The third-order valence-electron chi connectivity index (χ3n) is 5.27. The van der Waals surface area contributed by atoms with Gasteiger partial charge in [-0.3, -0.25) is 24.5 Å². The van der Waals surface area contributed by atoms with Gasteiger partial charge in [0.15, 0.2) is 0 Å². The number of rotatable bonds is 6. The molecule has 1 saturated heterocycles. The van der Waals surface area contributed by atoms with Crippen LogP contribution in [0.4, 0.5) is 5.95 Å². The summed E-state index contributed by atoms with van der Waals surface area (Å²) >= 11 is 0. The first-order valence-electron chi connectivity index (χ1n) is 9.51. The van der Waals surface area contributed by atoms with E-state index in [4.69, 9.17) is 0 Å². The zero-order valence-corrected chi connectivity index (χ0v) is 16.9. The lowest BCUT2D eigenvalue weighted by Crippen LogP contribution is -2.38. The largest absolute Gasteiger partial charge is 0.348 e. The number of likely N-dealkylation sites (tertiary alicyclic amines) is 1. The van der Waals surface area contributed by atoms with Crippen LogP contribution in [0.2, 0.25) is 0 Å². The Labute approximate surface area is 165 Å². The summed E-state index contributed by atoms with van der Waals surface area (Å²) in [5.41, 5.74) is 1.51. The summed E-state index contributed by atoms with van der Waals surface area (Å²) in [5, 5.41) is 0. The van der Waals surface area contributed by atoms with Gasteiger partial charge in [-0.1, -0.05) is 6.07 Å². The fourth-order valence-corrected chi connectivity index (χ4v) is 3.52. The minimum absolute atomic E-state index is 0.132. The second-order valence-corrected chi connectivity index (χ2v) is 7.60. The van der Waals surface area contributed by atoms with Crippen molar-refractivity contribution in [2.24, 2.45) is 0 Å². The molecule has 1 aliphatic heterocycles. The molecule has 3 rings (SSSR count). The molecule has 2 unspecified atom stereocenters. The number of H-pyrrole nitrogens is 1. The van der Waals surface area contributed by atoms with E-state index >= 15 is 0 Å². The second kappa shape index (κ2) is 8.52. The number of anilines is 1. The highest BCUT2D eigenvalue weighted by Gasteiger charge is 2.31. The van der Waals surface area contributed by atoms with Gasteiger partial charge in [0.1, 0.15) is 0 Å². The number of carbonyl (C=O) groups is 1. The van der Waals surface area contributed by atoms with Crippen molar-refractivity contribution in [1.29, 1.82) is 0 Å². The molecular formula is C20H28N6O2. The third kappa shape index (κ3) is 4.56. The lowest BCUT2D eigenvalue weighted by Gasteiger charge is -2.25. The normalized spacial score (nSPS) is 17.8. The molecule has 1 fully saturated rings. The second-order valence-electron chi connectivity index (χ2n) is 7.60. The number of likely N-dealkylation sites (N-methyl/N-ethyl adjacent to an activating group) is 1. The van der Waals surface area contributed by atoms with Gasteiger partial charge in [0.2, 0.25) is 11.9 Å². The van der Waals surface area contributed by atoms with Crippen molar-refractivity contribution in [2.75, 3.05) is 39.1 Å². The van der Waals surface area contributed by atoms with Crippen molar-refractivity contribution < 1.29 is 4.79 Å². The zero-order chi connectivity index (χ0) is 20.3. The summed E-state index contributed by atoms with van der Waals surface area (Å²) in [6.07, 6.45) is 4.38. The number of aromatic amines is 1. The van der Waals surface area contributed by atoms with E-state index in [1.807, 2.05) is 45.1 Å². The number of hydrogen-bond donors (Lipinski definition) is 1. The molecule has 3 heterocycles. The SMILES string of the molecule is CC(C(=O)N1CCC(N(C)Cc2cc(=O)[nH]c(N(C)C)n2)C1)c1cccnc1. The maximum atomic E-state index is 12.9. The Hall–Kier alpha value is -2.74. The van der Waals surface area contributed by atoms with Gasteiger partial charge in [-0.15, -0.1) is 0 Å². The number of nitrogens with zero attached hydrogens (tertiary/aromatic N) is 5. The molecule has 2 aromatic heterocycles. The van der Waals surface area contributed by atoms with E-state index in [-0.39, 0.29) is 23.4 Å². The summed E-state index contributed by atoms with van der Waals surface area (Å²) in [6, 6.07) is 5.58. The molecule has 0 bridgehead atoms. The van der Waals surface area contributed by atoms with Gasteiger partial charge in [0, 0.05) is 58.2 Å². The average molecular weight is 384 g/mol. The van der Waals surface area contributed by atoms with Crippen LogP contribution in [0.1, 0.15) is 30.5 Å². The summed E-state index contributed by atoms with van der Waals surface area (Å²) in [5.74, 6) is 0.479. The Morgan fingerprint density at radius 1 is 1.39 bits per heavy atom. The lowest BCUT2D eigenvalue weighted by atomic mass is 10.0. The third-order valence-corrected chi connectivity index (χ3v) is 5.27. The van der Waals surface area contributed by atoms with E-state index in [2.05, 4.69) is 19.9 Å². The lowest BCUT2D eigenvalue weighted by molar-refractivity contribution is -0.131. The van der Waals surface area contributed by atoms with Crippen molar-refractivity contribution >= 4 is 11.9 Å². The fourth-order valence-electron chi connectivity index (χ4n) is 3.52. The van der Waals surface area contributed by atoms with Crippen LogP contribution in [0.5, 0.6) is 0 Å². The standard InChI is InChI=1S/C20H28N6O2/c1-14(15-6-5-8-21-11-15)19(28)26-9-7-17(13-26)25(4)12-16-10-18(27)23-20(22-16)24(2)3/h5-6,8,10-11,14,17H,7,9,12-13H2,1-4H3,(H,22,23,27). The van der Waals surface area contributed by atoms with Gasteiger partial charge in [-0.25, -0.2) is 4.98 Å². The summed E-state index contributed by atoms with van der Waals surface area (Å²) in [7, 11) is 5.70. The van der Waals surface area contributed by atoms with E-state index in [0.717, 1.165) is 24.2 Å². The Balaban J connectivity index is 1.62. The predicted octanol–water partition coefficient (Wildman–Crippen LogP) is 1.07. The van der Waals surface area contributed by atoms with Gasteiger partial charge < -0.3 is 9.80 Å². The van der Waals surface area contributed by atoms with Crippen LogP contribution in [0, 0.1) is 0 Å². The number of pyridine rings is 1. The van der Waals surface area contributed by atoms with Crippen molar-refractivity contribution in [1.82, 2.24) is 24.8 Å². The van der Waals surface area contributed by atoms with Gasteiger partial charge >= 0.3 is 0 Å². The minimum Gasteiger partial charge on any atom is -0.348 e. The fraction of sp³-hybridized carbons (Fsp3) is 0.500. The summed E-state index contributed by atoms with van der Waals surface area (Å²) in [6.45, 7) is 3.92. The first-order valence-corrected chi connectivity index (χ1v) is 9.51. The van der Waals surface area contributed by atoms with Gasteiger partial charge in [-0.2, -0.15) is 0 Å². The number of aromatic nitrogens is 3. The van der Waals surface area contributed by atoms with Gasteiger partial charge in [0.25, 0.3) is 5.56 Å². The van der Waals surface area contributed by atoms with Crippen LogP contribution in [0.25, 0.3) is 0 Å². The molecule has 2 aromatic rings. The Morgan fingerprint density at radius 2 is 2.18 bits per heavy atom. The van der Waals surface area contributed by atoms with Crippen molar-refractivity contribution in [3.63, 3.8) is 0 Å². The van der Waals surface area contributed by atoms with E-state index in [0.29, 0.717) is 19.0 Å². The molecule has 1 N–H and O–H groups in total. The van der Waals surface area contributed by atoms with Crippen LogP contribution >= 0.6 is 0 Å². The quantitative estimate of drug-likeness (QED) is 0.802. The van der Waals surface area contributed by atoms with Crippen LogP contribution in [0.3, 0.4) is 0 Å². The highest BCUT2D eigenvalue weighted by molar-refractivity contribution is 5.83. The van der Waals surface area contributed by atoms with Gasteiger partial charge in [0.05, 0.1) is 11.6 Å². The molecule has 0 spiro atoms. The Kier molecular flexibility index (Phi) is 6.08. The van der Waals surface area contributed by atoms with Crippen LogP contribution in [-0.4, -0.2) is 70.9 Å². The number of amides is 1. The van der Waals surface area contributed by atoms with E-state index < -0.39 is 0 Å². The van der Waals surface area contributed by atoms with Crippen molar-refractivity contribution in [2.45, 2.75) is 31.8 Å². The minimum atomic E-state index is -0.199. The maximum absolute atomic E-state index is 12.9. The Morgan fingerprint density at radius 3 is 2.86 bits per heavy atom. The first kappa shape index (κ1) is 20.0. The molecule has 2 atom stereocenters. The molecule has 8 nitrogen and oxygen atoms in total.